The number of halogens is 1. The lowest BCUT2D eigenvalue weighted by molar-refractivity contribution is 0.229. The average Bonchev–Trinajstić information content (AvgIpc) is 2.94. The lowest BCUT2D eigenvalue weighted by Crippen LogP contribution is -2.20. The van der Waals surface area contributed by atoms with Gasteiger partial charge in [-0.3, -0.25) is 4.57 Å². The zero-order valence-corrected chi connectivity index (χ0v) is 16.1. The Balaban J connectivity index is 2.54. The van der Waals surface area contributed by atoms with Gasteiger partial charge in [0.1, 0.15) is 0 Å². The molecule has 1 heterocycles. The molecule has 8 heteroatoms. The fourth-order valence-electron chi connectivity index (χ4n) is 1.99. The fraction of sp³-hybridized carbons (Fsp3) is 0.400. The van der Waals surface area contributed by atoms with E-state index in [1.807, 2.05) is 24.3 Å². The molecular weight excluding hydrogens is 383 g/mol. The first-order valence-electron chi connectivity index (χ1n) is 7.25. The Morgan fingerprint density at radius 2 is 1.74 bits per heavy atom. The molecule has 2 rings (SSSR count). The summed E-state index contributed by atoms with van der Waals surface area (Å²) in [6.07, 6.45) is 0. The zero-order valence-electron chi connectivity index (χ0n) is 13.6. The van der Waals surface area contributed by atoms with E-state index >= 15 is 0 Å². The van der Waals surface area contributed by atoms with E-state index in [9.17, 15) is 4.57 Å². The number of nitrogens with zero attached hydrogens (tertiary/aromatic N) is 2. The van der Waals surface area contributed by atoms with Crippen molar-refractivity contribution in [2.45, 2.75) is 13.8 Å². The first kappa shape index (κ1) is 18.2. The second kappa shape index (κ2) is 7.62. The molecule has 0 amide bonds. The highest BCUT2D eigenvalue weighted by Gasteiger charge is 2.36. The monoisotopic (exact) mass is 402 g/mol. The van der Waals surface area contributed by atoms with E-state index in [4.69, 9.17) is 13.5 Å². The van der Waals surface area contributed by atoms with Gasteiger partial charge in [-0.25, -0.2) is 0 Å². The summed E-state index contributed by atoms with van der Waals surface area (Å²) in [5, 5.41) is 0. The maximum Gasteiger partial charge on any atom is 0.385 e. The fourth-order valence-corrected chi connectivity index (χ4v) is 3.95. The molecule has 23 heavy (non-hydrogen) atoms. The van der Waals surface area contributed by atoms with Crippen LogP contribution in [0.25, 0.3) is 11.5 Å². The maximum atomic E-state index is 13.0. The number of hydrogen-bond donors (Lipinski definition) is 0. The lowest BCUT2D eigenvalue weighted by Gasteiger charge is -2.17. The van der Waals surface area contributed by atoms with Crippen LogP contribution in [0.5, 0.6) is 0 Å². The molecule has 0 atom stereocenters. The number of benzene rings is 1. The van der Waals surface area contributed by atoms with E-state index in [1.165, 1.54) is 0 Å². The summed E-state index contributed by atoms with van der Waals surface area (Å²) in [7, 11) is 0.0504. The van der Waals surface area contributed by atoms with Crippen LogP contribution in [-0.2, 0) is 13.6 Å². The maximum absolute atomic E-state index is 13.0. The number of anilines is 1. The van der Waals surface area contributed by atoms with Gasteiger partial charge in [0, 0.05) is 24.1 Å². The molecule has 0 N–H and O–H groups in total. The van der Waals surface area contributed by atoms with Crippen molar-refractivity contribution in [3.8, 4) is 11.5 Å². The Bertz CT molecular complexity index is 690. The Labute approximate surface area is 144 Å². The molecule has 2 aromatic rings. The highest BCUT2D eigenvalue weighted by atomic mass is 79.9. The van der Waals surface area contributed by atoms with Gasteiger partial charge in [-0.05, 0) is 38.1 Å². The molecular formula is C15H20BrN2O4P. The summed E-state index contributed by atoms with van der Waals surface area (Å²) < 4.78 is 30.6. The number of rotatable bonds is 7. The predicted molar refractivity (Wildman–Crippen MR) is 94.5 cm³/mol. The van der Waals surface area contributed by atoms with Gasteiger partial charge in [0.25, 0.3) is 0 Å². The Morgan fingerprint density at radius 1 is 1.17 bits per heavy atom. The molecule has 1 aromatic carbocycles. The van der Waals surface area contributed by atoms with E-state index < -0.39 is 7.60 Å². The summed E-state index contributed by atoms with van der Waals surface area (Å²) >= 11 is 3.39. The minimum absolute atomic E-state index is 0.198. The third-order valence-corrected chi connectivity index (χ3v) is 5.48. The van der Waals surface area contributed by atoms with Crippen LogP contribution in [0.3, 0.4) is 0 Å². The number of aromatic nitrogens is 1. The quantitative estimate of drug-likeness (QED) is 0.650. The molecule has 0 aliphatic heterocycles. The highest BCUT2D eigenvalue weighted by molar-refractivity contribution is 9.10. The minimum atomic E-state index is -3.53. The first-order chi connectivity index (χ1) is 10.9. The van der Waals surface area contributed by atoms with Crippen LogP contribution in [0.15, 0.2) is 33.2 Å². The highest BCUT2D eigenvalue weighted by Crippen LogP contribution is 2.49. The van der Waals surface area contributed by atoms with Gasteiger partial charge in [0.2, 0.25) is 17.2 Å². The van der Waals surface area contributed by atoms with Crippen molar-refractivity contribution < 1.29 is 18.0 Å². The van der Waals surface area contributed by atoms with Crippen molar-refractivity contribution in [1.29, 1.82) is 0 Å². The molecule has 6 nitrogen and oxygen atoms in total. The zero-order chi connectivity index (χ0) is 17.0. The van der Waals surface area contributed by atoms with Gasteiger partial charge in [-0.15, -0.1) is 0 Å². The molecule has 0 radical (unpaired) electrons. The third kappa shape index (κ3) is 4.04. The van der Waals surface area contributed by atoms with E-state index in [1.54, 1.807) is 32.8 Å². The molecule has 0 aliphatic rings. The predicted octanol–water partition coefficient (Wildman–Crippen LogP) is 4.06. The van der Waals surface area contributed by atoms with Gasteiger partial charge >= 0.3 is 7.60 Å². The molecule has 0 aliphatic carbocycles. The van der Waals surface area contributed by atoms with Gasteiger partial charge < -0.3 is 18.4 Å². The molecule has 0 bridgehead atoms. The molecule has 0 unspecified atom stereocenters. The van der Waals surface area contributed by atoms with E-state index in [-0.39, 0.29) is 18.6 Å². The molecule has 0 spiro atoms. The van der Waals surface area contributed by atoms with Crippen molar-refractivity contribution in [2.75, 3.05) is 32.2 Å². The van der Waals surface area contributed by atoms with Crippen molar-refractivity contribution in [3.63, 3.8) is 0 Å². The van der Waals surface area contributed by atoms with Gasteiger partial charge in [0.15, 0.2) is 0 Å². The lowest BCUT2D eigenvalue weighted by atomic mass is 10.2. The normalized spacial score (nSPS) is 11.7. The summed E-state index contributed by atoms with van der Waals surface area (Å²) in [6.45, 7) is 4.03. The Kier molecular flexibility index (Phi) is 6.03. The first-order valence-corrected chi connectivity index (χ1v) is 9.58. The summed E-state index contributed by atoms with van der Waals surface area (Å²) in [5.41, 5.74) is 0.978. The van der Waals surface area contributed by atoms with E-state index in [0.717, 1.165) is 10.0 Å². The second-order valence-electron chi connectivity index (χ2n) is 4.88. The average molecular weight is 403 g/mol. The van der Waals surface area contributed by atoms with Gasteiger partial charge in [-0.2, -0.15) is 4.98 Å². The van der Waals surface area contributed by atoms with Crippen LogP contribution in [-0.4, -0.2) is 32.3 Å². The molecule has 0 saturated carbocycles. The second-order valence-corrected chi connectivity index (χ2v) is 7.73. The third-order valence-electron chi connectivity index (χ3n) is 2.95. The van der Waals surface area contributed by atoms with Crippen LogP contribution >= 0.6 is 23.5 Å². The standard InChI is InChI=1S/C15H20BrN2O4P/c1-5-20-23(19,21-6-2)14-15(18(3)4)22-13(17-14)11-7-9-12(16)10-8-11/h7-10H,5-6H2,1-4H3. The van der Waals surface area contributed by atoms with Crippen LogP contribution in [0.4, 0.5) is 5.88 Å². The van der Waals surface area contributed by atoms with Crippen molar-refractivity contribution in [2.24, 2.45) is 0 Å². The minimum Gasteiger partial charge on any atom is -0.420 e. The number of hydrogen-bond acceptors (Lipinski definition) is 6. The van der Waals surface area contributed by atoms with E-state index in [0.29, 0.717) is 11.8 Å². The SMILES string of the molecule is CCOP(=O)(OCC)c1nc(-c2ccc(Br)cc2)oc1N(C)C. The smallest absolute Gasteiger partial charge is 0.385 e. The molecule has 0 fully saturated rings. The van der Waals surface area contributed by atoms with Crippen molar-refractivity contribution in [3.05, 3.63) is 28.7 Å². The molecule has 126 valence electrons. The largest absolute Gasteiger partial charge is 0.420 e. The van der Waals surface area contributed by atoms with Crippen LogP contribution in [0, 0.1) is 0 Å². The topological polar surface area (TPSA) is 64.8 Å². The summed E-state index contributed by atoms with van der Waals surface area (Å²) in [5.74, 6) is 0.740. The van der Waals surface area contributed by atoms with E-state index in [2.05, 4.69) is 20.9 Å². The van der Waals surface area contributed by atoms with Gasteiger partial charge in [0.05, 0.1) is 13.2 Å². The van der Waals surface area contributed by atoms with Crippen LogP contribution < -0.4 is 10.3 Å². The van der Waals surface area contributed by atoms with Crippen LogP contribution in [0.2, 0.25) is 0 Å². The summed E-state index contributed by atoms with van der Waals surface area (Å²) in [4.78, 5) is 6.11. The summed E-state index contributed by atoms with van der Waals surface area (Å²) in [6, 6.07) is 7.51. The van der Waals surface area contributed by atoms with Gasteiger partial charge in [-0.1, -0.05) is 15.9 Å². The molecule has 1 aromatic heterocycles. The van der Waals surface area contributed by atoms with Crippen LogP contribution in [0.1, 0.15) is 13.8 Å². The van der Waals surface area contributed by atoms with Crippen molar-refractivity contribution in [1.82, 2.24) is 4.98 Å². The Hall–Kier alpha value is -1.14. The van der Waals surface area contributed by atoms with Crippen molar-refractivity contribution >= 4 is 34.8 Å². The number of oxazole rings is 1. The molecule has 0 saturated heterocycles. The Morgan fingerprint density at radius 3 is 2.22 bits per heavy atom.